The highest BCUT2D eigenvalue weighted by atomic mass is 32.1. The molecule has 0 saturated heterocycles. The van der Waals surface area contributed by atoms with E-state index in [1.807, 2.05) is 6.20 Å². The van der Waals surface area contributed by atoms with Crippen LogP contribution in [0, 0.1) is 5.41 Å². The molecule has 0 amide bonds. The zero-order valence-electron chi connectivity index (χ0n) is 11.4. The molecule has 1 heterocycles. The van der Waals surface area contributed by atoms with Gasteiger partial charge in [-0.05, 0) is 24.0 Å². The van der Waals surface area contributed by atoms with Crippen LogP contribution in [-0.2, 0) is 13.0 Å². The van der Waals surface area contributed by atoms with Crippen molar-refractivity contribution in [1.82, 2.24) is 9.55 Å². The number of aryl methyl sites for hydroxylation is 1. The van der Waals surface area contributed by atoms with Crippen LogP contribution in [-0.4, -0.2) is 15.3 Å². The van der Waals surface area contributed by atoms with E-state index in [4.69, 9.17) is 0 Å². The Labute approximate surface area is 111 Å². The lowest BCUT2D eigenvalue weighted by atomic mass is 9.81. The van der Waals surface area contributed by atoms with Crippen molar-refractivity contribution in [3.05, 3.63) is 18.2 Å². The Bertz CT molecular complexity index is 314. The van der Waals surface area contributed by atoms with Crippen LogP contribution in [0.2, 0.25) is 0 Å². The third kappa shape index (κ3) is 3.77. The van der Waals surface area contributed by atoms with Gasteiger partial charge in [0.15, 0.2) is 0 Å². The van der Waals surface area contributed by atoms with Crippen LogP contribution in [0.3, 0.4) is 0 Å². The molecule has 98 valence electrons. The van der Waals surface area contributed by atoms with Gasteiger partial charge in [0.1, 0.15) is 5.82 Å². The SMILES string of the molecule is CCCC(CS)(CCC)Cn1ccnc1CC. The van der Waals surface area contributed by atoms with Crippen LogP contribution in [0.25, 0.3) is 0 Å². The van der Waals surface area contributed by atoms with E-state index in [2.05, 4.69) is 49.1 Å². The first kappa shape index (κ1) is 14.6. The summed E-state index contributed by atoms with van der Waals surface area (Å²) in [6.07, 6.45) is 10.0. The van der Waals surface area contributed by atoms with Crippen molar-refractivity contribution in [2.24, 2.45) is 5.41 Å². The van der Waals surface area contributed by atoms with E-state index in [0.717, 1.165) is 18.7 Å². The summed E-state index contributed by atoms with van der Waals surface area (Å²) >= 11 is 4.61. The summed E-state index contributed by atoms with van der Waals surface area (Å²) in [7, 11) is 0. The van der Waals surface area contributed by atoms with E-state index in [0.29, 0.717) is 5.41 Å². The predicted molar refractivity (Wildman–Crippen MR) is 77.7 cm³/mol. The number of nitrogens with zero attached hydrogens (tertiary/aromatic N) is 2. The number of hydrogen-bond acceptors (Lipinski definition) is 2. The first-order chi connectivity index (χ1) is 8.21. The first-order valence-electron chi connectivity index (χ1n) is 6.82. The van der Waals surface area contributed by atoms with Crippen molar-refractivity contribution < 1.29 is 0 Å². The molecule has 0 radical (unpaired) electrons. The summed E-state index contributed by atoms with van der Waals surface area (Å²) in [4.78, 5) is 4.41. The molecule has 0 spiro atoms. The fraction of sp³-hybridized carbons (Fsp3) is 0.786. The Morgan fingerprint density at radius 1 is 1.24 bits per heavy atom. The normalized spacial score (nSPS) is 12.0. The molecular formula is C14H26N2S. The van der Waals surface area contributed by atoms with Gasteiger partial charge in [-0.2, -0.15) is 12.6 Å². The molecule has 0 bridgehead atoms. The lowest BCUT2D eigenvalue weighted by Gasteiger charge is -2.33. The third-order valence-electron chi connectivity index (χ3n) is 3.52. The van der Waals surface area contributed by atoms with E-state index in [-0.39, 0.29) is 0 Å². The maximum atomic E-state index is 4.61. The Balaban J connectivity index is 2.84. The van der Waals surface area contributed by atoms with Crippen molar-refractivity contribution in [1.29, 1.82) is 0 Å². The molecule has 1 aromatic rings. The smallest absolute Gasteiger partial charge is 0.108 e. The average Bonchev–Trinajstić information content (AvgIpc) is 2.76. The summed E-state index contributed by atoms with van der Waals surface area (Å²) < 4.78 is 2.32. The maximum Gasteiger partial charge on any atom is 0.108 e. The maximum absolute atomic E-state index is 4.61. The predicted octanol–water partition coefficient (Wildman–Crippen LogP) is 3.96. The van der Waals surface area contributed by atoms with Gasteiger partial charge in [-0.3, -0.25) is 0 Å². The Hall–Kier alpha value is -0.440. The van der Waals surface area contributed by atoms with Crippen molar-refractivity contribution in [2.75, 3.05) is 5.75 Å². The topological polar surface area (TPSA) is 17.8 Å². The minimum absolute atomic E-state index is 0.344. The average molecular weight is 254 g/mol. The van der Waals surface area contributed by atoms with E-state index >= 15 is 0 Å². The molecule has 1 rings (SSSR count). The highest BCUT2D eigenvalue weighted by molar-refractivity contribution is 7.80. The molecule has 1 aromatic heterocycles. The van der Waals surface area contributed by atoms with Crippen molar-refractivity contribution in [2.45, 2.75) is 59.4 Å². The Kier molecular flexibility index (Phi) is 6.10. The van der Waals surface area contributed by atoms with Gasteiger partial charge in [-0.1, -0.05) is 33.6 Å². The van der Waals surface area contributed by atoms with Crippen molar-refractivity contribution in [3.8, 4) is 0 Å². The highest BCUT2D eigenvalue weighted by Crippen LogP contribution is 2.33. The van der Waals surface area contributed by atoms with Gasteiger partial charge in [0.05, 0.1) is 0 Å². The monoisotopic (exact) mass is 254 g/mol. The van der Waals surface area contributed by atoms with Crippen LogP contribution in [0.1, 0.15) is 52.3 Å². The quantitative estimate of drug-likeness (QED) is 0.695. The number of imidazole rings is 1. The summed E-state index contributed by atoms with van der Waals surface area (Å²) in [5.41, 5.74) is 0.344. The zero-order chi connectivity index (χ0) is 12.7. The standard InChI is InChI=1S/C14H26N2S/c1-4-7-14(12-17,8-5-2)11-16-10-9-15-13(16)6-3/h9-10,17H,4-8,11-12H2,1-3H3. The van der Waals surface area contributed by atoms with Crippen molar-refractivity contribution >= 4 is 12.6 Å². The van der Waals surface area contributed by atoms with Gasteiger partial charge in [0.25, 0.3) is 0 Å². The van der Waals surface area contributed by atoms with Crippen molar-refractivity contribution in [3.63, 3.8) is 0 Å². The van der Waals surface area contributed by atoms with Gasteiger partial charge >= 0.3 is 0 Å². The van der Waals surface area contributed by atoms with E-state index in [1.165, 1.54) is 31.5 Å². The number of hydrogen-bond donors (Lipinski definition) is 1. The number of rotatable bonds is 8. The zero-order valence-corrected chi connectivity index (χ0v) is 12.3. The molecule has 0 aliphatic rings. The molecule has 17 heavy (non-hydrogen) atoms. The minimum Gasteiger partial charge on any atom is -0.334 e. The molecule has 2 nitrogen and oxygen atoms in total. The molecule has 0 fully saturated rings. The van der Waals surface area contributed by atoms with Gasteiger partial charge in [-0.15, -0.1) is 0 Å². The van der Waals surface area contributed by atoms with Gasteiger partial charge < -0.3 is 4.57 Å². The highest BCUT2D eigenvalue weighted by Gasteiger charge is 2.27. The number of thiol groups is 1. The van der Waals surface area contributed by atoms with Crippen LogP contribution in [0.15, 0.2) is 12.4 Å². The second-order valence-corrected chi connectivity index (χ2v) is 5.30. The fourth-order valence-electron chi connectivity index (χ4n) is 2.71. The largest absolute Gasteiger partial charge is 0.334 e. The van der Waals surface area contributed by atoms with E-state index in [1.54, 1.807) is 0 Å². The fourth-order valence-corrected chi connectivity index (χ4v) is 3.13. The molecule has 0 N–H and O–H groups in total. The van der Waals surface area contributed by atoms with E-state index < -0.39 is 0 Å². The molecule has 0 aliphatic heterocycles. The third-order valence-corrected chi connectivity index (χ3v) is 4.19. The minimum atomic E-state index is 0.344. The summed E-state index contributed by atoms with van der Waals surface area (Å²) in [5.74, 6) is 2.17. The van der Waals surface area contributed by atoms with Gasteiger partial charge in [0, 0.05) is 25.4 Å². The van der Waals surface area contributed by atoms with Gasteiger partial charge in [-0.25, -0.2) is 4.98 Å². The second kappa shape index (κ2) is 7.10. The lowest BCUT2D eigenvalue weighted by molar-refractivity contribution is 0.229. The molecular weight excluding hydrogens is 228 g/mol. The Morgan fingerprint density at radius 2 is 1.88 bits per heavy atom. The number of aromatic nitrogens is 2. The van der Waals surface area contributed by atoms with Crippen LogP contribution < -0.4 is 0 Å². The first-order valence-corrected chi connectivity index (χ1v) is 7.45. The molecule has 0 aromatic carbocycles. The molecule has 0 saturated carbocycles. The second-order valence-electron chi connectivity index (χ2n) is 4.98. The lowest BCUT2D eigenvalue weighted by Crippen LogP contribution is -2.29. The summed E-state index contributed by atoms with van der Waals surface area (Å²) in [6, 6.07) is 0. The molecule has 0 aliphatic carbocycles. The van der Waals surface area contributed by atoms with Crippen LogP contribution in [0.5, 0.6) is 0 Å². The van der Waals surface area contributed by atoms with Crippen LogP contribution >= 0.6 is 12.6 Å². The summed E-state index contributed by atoms with van der Waals surface area (Å²) in [5, 5.41) is 0. The van der Waals surface area contributed by atoms with E-state index in [9.17, 15) is 0 Å². The molecule has 3 heteroatoms. The summed E-state index contributed by atoms with van der Waals surface area (Å²) in [6.45, 7) is 7.77. The van der Waals surface area contributed by atoms with Crippen LogP contribution in [0.4, 0.5) is 0 Å². The molecule has 0 atom stereocenters. The Morgan fingerprint density at radius 3 is 2.35 bits per heavy atom. The molecule has 0 unspecified atom stereocenters. The van der Waals surface area contributed by atoms with Gasteiger partial charge in [0.2, 0.25) is 0 Å².